The molecule has 1 aliphatic rings. The lowest BCUT2D eigenvalue weighted by molar-refractivity contribution is 0.0823. The van der Waals surface area contributed by atoms with Crippen LogP contribution in [0.15, 0.2) is 47.5 Å². The molecule has 6 nitrogen and oxygen atoms in total. The summed E-state index contributed by atoms with van der Waals surface area (Å²) in [4.78, 5) is 7.09. The van der Waals surface area contributed by atoms with Gasteiger partial charge in [0, 0.05) is 39.1 Å². The van der Waals surface area contributed by atoms with E-state index in [0.717, 1.165) is 76.7 Å². The highest BCUT2D eigenvalue weighted by molar-refractivity contribution is 5.83. The first-order chi connectivity index (χ1) is 14.7. The highest BCUT2D eigenvalue weighted by Gasteiger charge is 2.15. The van der Waals surface area contributed by atoms with Crippen molar-refractivity contribution in [1.82, 2.24) is 15.5 Å². The molecule has 6 heteroatoms. The van der Waals surface area contributed by atoms with Crippen molar-refractivity contribution in [2.45, 2.75) is 38.7 Å². The Kier molecular flexibility index (Phi) is 9.25. The Bertz CT molecular complexity index is 788. The van der Waals surface area contributed by atoms with E-state index < -0.39 is 0 Å². The first kappa shape index (κ1) is 22.4. The van der Waals surface area contributed by atoms with Crippen LogP contribution in [0.25, 0.3) is 10.8 Å². The van der Waals surface area contributed by atoms with Crippen LogP contribution >= 0.6 is 0 Å². The van der Waals surface area contributed by atoms with Gasteiger partial charge in [0.25, 0.3) is 0 Å². The summed E-state index contributed by atoms with van der Waals surface area (Å²) in [6.07, 6.45) is 3.65. The van der Waals surface area contributed by atoms with Gasteiger partial charge in [0.2, 0.25) is 0 Å². The average molecular weight is 413 g/mol. The number of piperidine rings is 1. The van der Waals surface area contributed by atoms with Gasteiger partial charge in [-0.3, -0.25) is 4.99 Å². The van der Waals surface area contributed by atoms with Crippen LogP contribution in [-0.2, 0) is 0 Å². The molecule has 1 fully saturated rings. The van der Waals surface area contributed by atoms with E-state index in [4.69, 9.17) is 4.74 Å². The Morgan fingerprint density at radius 3 is 2.70 bits per heavy atom. The minimum absolute atomic E-state index is 0.0999. The summed E-state index contributed by atoms with van der Waals surface area (Å²) in [5, 5.41) is 18.7. The Morgan fingerprint density at radius 1 is 1.10 bits per heavy atom. The minimum atomic E-state index is -0.0999. The third-order valence-electron chi connectivity index (χ3n) is 5.41. The molecule has 1 aliphatic heterocycles. The van der Waals surface area contributed by atoms with E-state index in [2.05, 4.69) is 57.8 Å². The second kappa shape index (κ2) is 12.4. The number of benzene rings is 2. The largest absolute Gasteiger partial charge is 0.494 e. The molecule has 0 amide bonds. The van der Waals surface area contributed by atoms with E-state index in [9.17, 15) is 5.11 Å². The number of fused-ring (bicyclic) bond motifs is 1. The standard InChI is InChI=1S/C24H36N4O2/c1-2-25-24(26-13-5-15-28-16-11-22(29)12-17-28)27-14-6-18-30-23-10-9-20-7-3-4-8-21(20)19-23/h3-4,7-10,19,22,29H,2,5-6,11-18H2,1H3,(H2,25,26,27). The lowest BCUT2D eigenvalue weighted by Crippen LogP contribution is -2.40. The zero-order chi connectivity index (χ0) is 21.0. The fourth-order valence-corrected chi connectivity index (χ4v) is 3.70. The van der Waals surface area contributed by atoms with Crippen LogP contribution in [0.3, 0.4) is 0 Å². The van der Waals surface area contributed by atoms with Crippen molar-refractivity contribution in [3.63, 3.8) is 0 Å². The minimum Gasteiger partial charge on any atom is -0.494 e. The number of likely N-dealkylation sites (tertiary alicyclic amines) is 1. The van der Waals surface area contributed by atoms with Crippen LogP contribution in [0.2, 0.25) is 0 Å². The maximum atomic E-state index is 9.59. The van der Waals surface area contributed by atoms with Crippen molar-refractivity contribution >= 4 is 16.7 Å². The van der Waals surface area contributed by atoms with Crippen molar-refractivity contribution in [1.29, 1.82) is 0 Å². The molecule has 0 radical (unpaired) electrons. The van der Waals surface area contributed by atoms with Crippen LogP contribution < -0.4 is 15.4 Å². The van der Waals surface area contributed by atoms with Gasteiger partial charge >= 0.3 is 0 Å². The molecule has 2 aromatic rings. The van der Waals surface area contributed by atoms with Gasteiger partial charge in [0.05, 0.1) is 12.7 Å². The molecule has 30 heavy (non-hydrogen) atoms. The number of hydrogen-bond donors (Lipinski definition) is 3. The van der Waals surface area contributed by atoms with Crippen LogP contribution in [-0.4, -0.2) is 67.9 Å². The predicted octanol–water partition coefficient (Wildman–Crippen LogP) is 3.01. The highest BCUT2D eigenvalue weighted by atomic mass is 16.5. The molecule has 164 valence electrons. The van der Waals surface area contributed by atoms with Gasteiger partial charge in [-0.2, -0.15) is 0 Å². The van der Waals surface area contributed by atoms with E-state index in [1.807, 2.05) is 12.1 Å². The molecule has 2 aromatic carbocycles. The monoisotopic (exact) mass is 412 g/mol. The number of ether oxygens (including phenoxy) is 1. The molecule has 0 saturated carbocycles. The highest BCUT2D eigenvalue weighted by Crippen LogP contribution is 2.20. The molecule has 0 spiro atoms. The molecule has 0 atom stereocenters. The summed E-state index contributed by atoms with van der Waals surface area (Å²) in [5.41, 5.74) is 0. The lowest BCUT2D eigenvalue weighted by atomic mass is 10.1. The lowest BCUT2D eigenvalue weighted by Gasteiger charge is -2.29. The molecule has 1 saturated heterocycles. The van der Waals surface area contributed by atoms with Gasteiger partial charge in [-0.25, -0.2) is 0 Å². The van der Waals surface area contributed by atoms with E-state index in [1.165, 1.54) is 10.8 Å². The normalized spacial score (nSPS) is 16.0. The predicted molar refractivity (Wildman–Crippen MR) is 124 cm³/mol. The molecule has 0 bridgehead atoms. The molecule has 0 aliphatic carbocycles. The van der Waals surface area contributed by atoms with Gasteiger partial charge in [-0.15, -0.1) is 0 Å². The van der Waals surface area contributed by atoms with Crippen LogP contribution in [0.5, 0.6) is 5.75 Å². The molecular formula is C24H36N4O2. The first-order valence-corrected chi connectivity index (χ1v) is 11.3. The number of aliphatic hydroxyl groups is 1. The van der Waals surface area contributed by atoms with Gasteiger partial charge < -0.3 is 25.4 Å². The zero-order valence-corrected chi connectivity index (χ0v) is 18.1. The zero-order valence-electron chi connectivity index (χ0n) is 18.1. The number of nitrogens with zero attached hydrogens (tertiary/aromatic N) is 2. The molecule has 0 aromatic heterocycles. The summed E-state index contributed by atoms with van der Waals surface area (Å²) in [6, 6.07) is 14.5. The summed E-state index contributed by atoms with van der Waals surface area (Å²) in [5.74, 6) is 1.78. The van der Waals surface area contributed by atoms with Gasteiger partial charge in [-0.05, 0) is 55.6 Å². The smallest absolute Gasteiger partial charge is 0.191 e. The van der Waals surface area contributed by atoms with E-state index in [0.29, 0.717) is 6.61 Å². The number of hydrogen-bond acceptors (Lipinski definition) is 4. The van der Waals surface area contributed by atoms with Gasteiger partial charge in [0.1, 0.15) is 5.75 Å². The second-order valence-corrected chi connectivity index (χ2v) is 7.82. The topological polar surface area (TPSA) is 69.1 Å². The van der Waals surface area contributed by atoms with Crippen LogP contribution in [0.1, 0.15) is 32.6 Å². The van der Waals surface area contributed by atoms with Crippen molar-refractivity contribution < 1.29 is 9.84 Å². The quantitative estimate of drug-likeness (QED) is 0.318. The van der Waals surface area contributed by atoms with Gasteiger partial charge in [0.15, 0.2) is 5.96 Å². The van der Waals surface area contributed by atoms with E-state index >= 15 is 0 Å². The summed E-state index contributed by atoms with van der Waals surface area (Å²) in [7, 11) is 0. The molecule has 3 rings (SSSR count). The van der Waals surface area contributed by atoms with Crippen molar-refractivity contribution in [2.75, 3.05) is 45.9 Å². The Labute approximate surface area is 180 Å². The maximum absolute atomic E-state index is 9.59. The fraction of sp³-hybridized carbons (Fsp3) is 0.542. The number of nitrogens with one attached hydrogen (secondary N) is 2. The third-order valence-corrected chi connectivity index (χ3v) is 5.41. The van der Waals surface area contributed by atoms with Crippen LogP contribution in [0.4, 0.5) is 0 Å². The Hall–Kier alpha value is -2.31. The Balaban J connectivity index is 1.32. The average Bonchev–Trinajstić information content (AvgIpc) is 2.77. The van der Waals surface area contributed by atoms with Crippen molar-refractivity contribution in [3.8, 4) is 5.75 Å². The Morgan fingerprint density at radius 2 is 1.90 bits per heavy atom. The fourth-order valence-electron chi connectivity index (χ4n) is 3.70. The SMILES string of the molecule is CCNC(=NCCCOc1ccc2ccccc2c1)NCCCN1CCC(O)CC1. The summed E-state index contributed by atoms with van der Waals surface area (Å²) < 4.78 is 5.90. The maximum Gasteiger partial charge on any atom is 0.191 e. The first-order valence-electron chi connectivity index (χ1n) is 11.3. The van der Waals surface area contributed by atoms with E-state index in [1.54, 1.807) is 0 Å². The van der Waals surface area contributed by atoms with Gasteiger partial charge in [-0.1, -0.05) is 30.3 Å². The molecule has 1 heterocycles. The number of rotatable bonds is 10. The summed E-state index contributed by atoms with van der Waals surface area (Å²) >= 11 is 0. The molecule has 3 N–H and O–H groups in total. The van der Waals surface area contributed by atoms with Crippen molar-refractivity contribution in [3.05, 3.63) is 42.5 Å². The number of aliphatic imine (C=N–C) groups is 1. The molecular weight excluding hydrogens is 376 g/mol. The molecule has 0 unspecified atom stereocenters. The summed E-state index contributed by atoms with van der Waals surface area (Å²) in [6.45, 7) is 8.30. The van der Waals surface area contributed by atoms with Crippen molar-refractivity contribution in [2.24, 2.45) is 4.99 Å². The van der Waals surface area contributed by atoms with E-state index in [-0.39, 0.29) is 6.10 Å². The number of guanidine groups is 1. The van der Waals surface area contributed by atoms with Crippen LogP contribution in [0, 0.1) is 0 Å². The third kappa shape index (κ3) is 7.50. The second-order valence-electron chi connectivity index (χ2n) is 7.82. The number of aliphatic hydroxyl groups excluding tert-OH is 1.